The first kappa shape index (κ1) is 16.1. The number of rotatable bonds is 4. The summed E-state index contributed by atoms with van der Waals surface area (Å²) in [7, 11) is -2.88. The zero-order valence-corrected chi connectivity index (χ0v) is 13.1. The molecule has 21 heavy (non-hydrogen) atoms. The van der Waals surface area contributed by atoms with Crippen molar-refractivity contribution in [3.63, 3.8) is 0 Å². The fraction of sp³-hybridized carbons (Fsp3) is 0.462. The second-order valence-electron chi connectivity index (χ2n) is 5.03. The Morgan fingerprint density at radius 2 is 2.00 bits per heavy atom. The Kier molecular flexibility index (Phi) is 5.08. The zero-order valence-electron chi connectivity index (χ0n) is 11.5. The minimum atomic E-state index is -2.88. The Morgan fingerprint density at radius 1 is 1.33 bits per heavy atom. The van der Waals surface area contributed by atoms with Gasteiger partial charge in [-0.1, -0.05) is 11.6 Å². The summed E-state index contributed by atoms with van der Waals surface area (Å²) in [4.78, 5) is 13.9. The SMILES string of the molecule is Nc1ccc(NC(=O)CCN2CCS(=O)(=O)CC2)c(Cl)c1. The van der Waals surface area contributed by atoms with Crippen LogP contribution >= 0.6 is 11.6 Å². The van der Waals surface area contributed by atoms with Gasteiger partial charge < -0.3 is 16.0 Å². The fourth-order valence-electron chi connectivity index (χ4n) is 2.08. The number of nitrogens with two attached hydrogens (primary N) is 1. The van der Waals surface area contributed by atoms with Crippen molar-refractivity contribution in [1.29, 1.82) is 0 Å². The molecule has 1 aliphatic heterocycles. The van der Waals surface area contributed by atoms with E-state index in [1.165, 1.54) is 0 Å². The minimum absolute atomic E-state index is 0.157. The number of sulfone groups is 1. The molecule has 1 fully saturated rings. The molecule has 1 aliphatic rings. The third-order valence-electron chi connectivity index (χ3n) is 3.36. The van der Waals surface area contributed by atoms with Crippen LogP contribution in [0.25, 0.3) is 0 Å². The van der Waals surface area contributed by atoms with Crippen molar-refractivity contribution in [2.75, 3.05) is 42.2 Å². The number of nitrogens with one attached hydrogen (secondary N) is 1. The van der Waals surface area contributed by atoms with Gasteiger partial charge in [-0.3, -0.25) is 4.79 Å². The molecular formula is C13H18ClN3O3S. The number of hydrogen-bond acceptors (Lipinski definition) is 5. The van der Waals surface area contributed by atoms with Crippen LogP contribution in [-0.2, 0) is 14.6 Å². The van der Waals surface area contributed by atoms with Gasteiger partial charge in [0.15, 0.2) is 9.84 Å². The molecule has 1 saturated heterocycles. The second kappa shape index (κ2) is 6.64. The van der Waals surface area contributed by atoms with Crippen LogP contribution in [0, 0.1) is 0 Å². The van der Waals surface area contributed by atoms with Gasteiger partial charge in [-0.2, -0.15) is 0 Å². The predicted molar refractivity (Wildman–Crippen MR) is 84.2 cm³/mol. The number of benzene rings is 1. The number of nitrogens with zero attached hydrogens (tertiary/aromatic N) is 1. The van der Waals surface area contributed by atoms with Crippen LogP contribution < -0.4 is 11.1 Å². The van der Waals surface area contributed by atoms with Crippen LogP contribution in [0.1, 0.15) is 6.42 Å². The summed E-state index contributed by atoms with van der Waals surface area (Å²) in [5.74, 6) is 0.173. The minimum Gasteiger partial charge on any atom is -0.399 e. The molecule has 8 heteroatoms. The summed E-state index contributed by atoms with van der Waals surface area (Å²) in [6, 6.07) is 4.90. The largest absolute Gasteiger partial charge is 0.399 e. The highest BCUT2D eigenvalue weighted by Gasteiger charge is 2.21. The van der Waals surface area contributed by atoms with E-state index in [0.29, 0.717) is 42.5 Å². The predicted octanol–water partition coefficient (Wildman–Crippen LogP) is 0.981. The van der Waals surface area contributed by atoms with E-state index in [4.69, 9.17) is 17.3 Å². The molecule has 0 aliphatic carbocycles. The lowest BCUT2D eigenvalue weighted by molar-refractivity contribution is -0.116. The van der Waals surface area contributed by atoms with Crippen LogP contribution in [0.15, 0.2) is 18.2 Å². The van der Waals surface area contributed by atoms with E-state index < -0.39 is 9.84 Å². The molecule has 0 radical (unpaired) electrons. The lowest BCUT2D eigenvalue weighted by atomic mass is 10.2. The molecule has 0 spiro atoms. The molecule has 0 unspecified atom stereocenters. The maximum atomic E-state index is 11.9. The maximum Gasteiger partial charge on any atom is 0.225 e. The molecule has 1 amide bonds. The molecule has 2 rings (SSSR count). The third kappa shape index (κ3) is 4.87. The highest BCUT2D eigenvalue weighted by Crippen LogP contribution is 2.24. The summed E-state index contributed by atoms with van der Waals surface area (Å²) >= 11 is 5.98. The summed E-state index contributed by atoms with van der Waals surface area (Å²) in [5.41, 5.74) is 6.64. The molecule has 6 nitrogen and oxygen atoms in total. The normalized spacial score (nSPS) is 18.3. The molecule has 1 aromatic carbocycles. The van der Waals surface area contributed by atoms with Crippen LogP contribution in [0.4, 0.5) is 11.4 Å². The van der Waals surface area contributed by atoms with Gasteiger partial charge in [0.05, 0.1) is 22.2 Å². The zero-order chi connectivity index (χ0) is 15.5. The Labute approximate surface area is 129 Å². The molecule has 1 heterocycles. The average molecular weight is 332 g/mol. The van der Waals surface area contributed by atoms with Gasteiger partial charge in [0.1, 0.15) is 0 Å². The monoisotopic (exact) mass is 331 g/mol. The third-order valence-corrected chi connectivity index (χ3v) is 5.28. The number of halogens is 1. The number of anilines is 2. The molecule has 1 aromatic rings. The van der Waals surface area contributed by atoms with Crippen molar-refractivity contribution < 1.29 is 13.2 Å². The summed E-state index contributed by atoms with van der Waals surface area (Å²) < 4.78 is 22.6. The van der Waals surface area contributed by atoms with Crippen molar-refractivity contribution in [2.45, 2.75) is 6.42 Å². The Morgan fingerprint density at radius 3 is 2.62 bits per heavy atom. The van der Waals surface area contributed by atoms with E-state index in [-0.39, 0.29) is 17.4 Å². The van der Waals surface area contributed by atoms with Gasteiger partial charge in [-0.15, -0.1) is 0 Å². The number of nitrogen functional groups attached to an aromatic ring is 1. The number of carbonyl (C=O) groups excluding carboxylic acids is 1. The van der Waals surface area contributed by atoms with E-state index in [9.17, 15) is 13.2 Å². The number of carbonyl (C=O) groups is 1. The Bertz CT molecular complexity index is 620. The average Bonchev–Trinajstić information content (AvgIpc) is 2.41. The van der Waals surface area contributed by atoms with E-state index in [2.05, 4.69) is 5.32 Å². The van der Waals surface area contributed by atoms with Crippen molar-refractivity contribution in [1.82, 2.24) is 4.90 Å². The summed E-state index contributed by atoms with van der Waals surface area (Å²) in [6.07, 6.45) is 0.292. The first-order chi connectivity index (χ1) is 9.85. The highest BCUT2D eigenvalue weighted by molar-refractivity contribution is 7.91. The standard InChI is InChI=1S/C13H18ClN3O3S/c14-11-9-10(15)1-2-12(11)16-13(18)3-4-17-5-7-21(19,20)8-6-17/h1-2,9H,3-8,15H2,(H,16,18). The molecular weight excluding hydrogens is 314 g/mol. The van der Waals surface area contributed by atoms with Gasteiger partial charge in [-0.25, -0.2) is 8.42 Å². The summed E-state index contributed by atoms with van der Waals surface area (Å²) in [6.45, 7) is 1.50. The van der Waals surface area contributed by atoms with Gasteiger partial charge >= 0.3 is 0 Å². The quantitative estimate of drug-likeness (QED) is 0.802. The van der Waals surface area contributed by atoms with Gasteiger partial charge in [-0.05, 0) is 18.2 Å². The van der Waals surface area contributed by atoms with Crippen LogP contribution in [-0.4, -0.2) is 50.4 Å². The van der Waals surface area contributed by atoms with Crippen molar-refractivity contribution >= 4 is 38.7 Å². The molecule has 0 saturated carbocycles. The van der Waals surface area contributed by atoms with E-state index >= 15 is 0 Å². The molecule has 0 bridgehead atoms. The van der Waals surface area contributed by atoms with E-state index in [1.807, 2.05) is 4.90 Å². The Balaban J connectivity index is 1.80. The molecule has 0 atom stereocenters. The fourth-order valence-corrected chi connectivity index (χ4v) is 3.59. The lowest BCUT2D eigenvalue weighted by Gasteiger charge is -2.26. The van der Waals surface area contributed by atoms with Crippen LogP contribution in [0.2, 0.25) is 5.02 Å². The topological polar surface area (TPSA) is 92.5 Å². The second-order valence-corrected chi connectivity index (χ2v) is 7.74. The first-order valence-electron chi connectivity index (χ1n) is 6.63. The smallest absolute Gasteiger partial charge is 0.225 e. The van der Waals surface area contributed by atoms with Crippen molar-refractivity contribution in [3.8, 4) is 0 Å². The van der Waals surface area contributed by atoms with Crippen molar-refractivity contribution in [2.24, 2.45) is 0 Å². The molecule has 116 valence electrons. The van der Waals surface area contributed by atoms with Gasteiger partial charge in [0.2, 0.25) is 5.91 Å². The maximum absolute atomic E-state index is 11.9. The lowest BCUT2D eigenvalue weighted by Crippen LogP contribution is -2.41. The Hall–Kier alpha value is -1.31. The van der Waals surface area contributed by atoms with E-state index in [0.717, 1.165) is 0 Å². The van der Waals surface area contributed by atoms with Gasteiger partial charge in [0.25, 0.3) is 0 Å². The number of amides is 1. The summed E-state index contributed by atoms with van der Waals surface area (Å²) in [5, 5.41) is 3.12. The van der Waals surface area contributed by atoms with E-state index in [1.54, 1.807) is 18.2 Å². The van der Waals surface area contributed by atoms with Crippen molar-refractivity contribution in [3.05, 3.63) is 23.2 Å². The number of hydrogen-bond donors (Lipinski definition) is 2. The van der Waals surface area contributed by atoms with Gasteiger partial charge in [0, 0.05) is 31.7 Å². The molecule has 3 N–H and O–H groups in total. The first-order valence-corrected chi connectivity index (χ1v) is 8.83. The highest BCUT2D eigenvalue weighted by atomic mass is 35.5. The van der Waals surface area contributed by atoms with Crippen LogP contribution in [0.5, 0.6) is 0 Å². The molecule has 0 aromatic heterocycles. The van der Waals surface area contributed by atoms with Crippen LogP contribution in [0.3, 0.4) is 0 Å².